The van der Waals surface area contributed by atoms with Gasteiger partial charge in [-0.3, -0.25) is 0 Å². The predicted molar refractivity (Wildman–Crippen MR) is 85.9 cm³/mol. The zero-order valence-electron chi connectivity index (χ0n) is 14.4. The molecule has 0 heterocycles. The summed E-state index contributed by atoms with van der Waals surface area (Å²) in [5.41, 5.74) is 3.68. The van der Waals surface area contributed by atoms with Crippen LogP contribution >= 0.6 is 0 Å². The Bertz CT molecular complexity index is 488. The number of aliphatic hydroxyl groups excluding tert-OH is 2. The minimum Gasteiger partial charge on any atom is -0.396 e. The van der Waals surface area contributed by atoms with E-state index >= 15 is 0 Å². The first-order valence-electron chi connectivity index (χ1n) is 8.51. The molecule has 2 N–H and O–H groups in total. The van der Waals surface area contributed by atoms with Crippen molar-refractivity contribution in [2.45, 2.75) is 66.7 Å². The lowest BCUT2D eigenvalue weighted by molar-refractivity contribution is -0.0404. The van der Waals surface area contributed by atoms with Crippen LogP contribution in [0.25, 0.3) is 0 Å². The normalized spacial score (nSPS) is 43.9. The monoisotopic (exact) mass is 292 g/mol. The van der Waals surface area contributed by atoms with Crippen LogP contribution in [0.2, 0.25) is 0 Å². The van der Waals surface area contributed by atoms with Crippen molar-refractivity contribution in [2.75, 3.05) is 13.2 Å². The van der Waals surface area contributed by atoms with Crippen LogP contribution in [0.3, 0.4) is 0 Å². The van der Waals surface area contributed by atoms with Crippen LogP contribution in [0, 0.1) is 27.6 Å². The maximum absolute atomic E-state index is 10.4. The lowest BCUT2D eigenvalue weighted by atomic mass is 9.47. The van der Waals surface area contributed by atoms with Gasteiger partial charge in [-0.2, -0.15) is 0 Å². The van der Waals surface area contributed by atoms with E-state index in [1.807, 2.05) is 0 Å². The molecule has 2 nitrogen and oxygen atoms in total. The first kappa shape index (κ1) is 15.6. The lowest BCUT2D eigenvalue weighted by Gasteiger charge is -2.57. The summed E-state index contributed by atoms with van der Waals surface area (Å²) in [5.74, 6) is 0.234. The van der Waals surface area contributed by atoms with Crippen molar-refractivity contribution in [2.24, 2.45) is 27.6 Å². The molecule has 0 aliphatic heterocycles. The van der Waals surface area contributed by atoms with E-state index in [9.17, 15) is 10.2 Å². The van der Waals surface area contributed by atoms with E-state index in [2.05, 4.69) is 34.6 Å². The molecule has 3 rings (SSSR count). The van der Waals surface area contributed by atoms with Gasteiger partial charge in [0.15, 0.2) is 0 Å². The van der Waals surface area contributed by atoms with Gasteiger partial charge in [-0.15, -0.1) is 0 Å². The third kappa shape index (κ3) is 2.21. The molecule has 0 spiro atoms. The largest absolute Gasteiger partial charge is 0.396 e. The second kappa shape index (κ2) is 4.35. The molecule has 0 aromatic heterocycles. The highest BCUT2D eigenvalue weighted by Gasteiger charge is 2.59. The average molecular weight is 292 g/mol. The van der Waals surface area contributed by atoms with Gasteiger partial charge in [0.2, 0.25) is 0 Å². The van der Waals surface area contributed by atoms with Crippen LogP contribution < -0.4 is 0 Å². The summed E-state index contributed by atoms with van der Waals surface area (Å²) >= 11 is 0. The van der Waals surface area contributed by atoms with E-state index < -0.39 is 0 Å². The molecule has 21 heavy (non-hydrogen) atoms. The van der Waals surface area contributed by atoms with Crippen molar-refractivity contribution < 1.29 is 10.2 Å². The van der Waals surface area contributed by atoms with Crippen LogP contribution in [-0.4, -0.2) is 23.4 Å². The Morgan fingerprint density at radius 1 is 0.952 bits per heavy atom. The highest BCUT2D eigenvalue weighted by Crippen LogP contribution is 2.68. The van der Waals surface area contributed by atoms with Crippen LogP contribution in [0.1, 0.15) is 66.7 Å². The quantitative estimate of drug-likeness (QED) is 0.757. The fraction of sp³-hybridized carbons (Fsp3) is 0.895. The Hall–Kier alpha value is -0.340. The van der Waals surface area contributed by atoms with Gasteiger partial charge < -0.3 is 10.2 Å². The van der Waals surface area contributed by atoms with Crippen molar-refractivity contribution in [3.8, 4) is 0 Å². The lowest BCUT2D eigenvalue weighted by Crippen LogP contribution is -2.49. The summed E-state index contributed by atoms with van der Waals surface area (Å²) in [4.78, 5) is 0. The number of hydrogen-bond acceptors (Lipinski definition) is 2. The summed E-state index contributed by atoms with van der Waals surface area (Å²) in [6, 6.07) is 0. The number of rotatable bonds is 2. The molecule has 1 saturated carbocycles. The van der Waals surface area contributed by atoms with Gasteiger partial charge in [0.05, 0.1) is 13.2 Å². The van der Waals surface area contributed by atoms with Crippen molar-refractivity contribution in [1.29, 1.82) is 0 Å². The standard InChI is InChI=1S/C19H32O2/c1-16(2)9-18(5)7-13-6-17(3,4)14(8-20)15(13)19(10-16,11-18)12-21/h14,20-21H,6-12H2,1-5H3/t14-,18+,19+/m0/s1. The zero-order valence-corrected chi connectivity index (χ0v) is 14.4. The summed E-state index contributed by atoms with van der Waals surface area (Å²) in [7, 11) is 0. The fourth-order valence-corrected chi connectivity index (χ4v) is 6.75. The molecule has 120 valence electrons. The van der Waals surface area contributed by atoms with E-state index in [1.54, 1.807) is 5.57 Å². The fourth-order valence-electron chi connectivity index (χ4n) is 6.75. The maximum atomic E-state index is 10.4. The smallest absolute Gasteiger partial charge is 0.0525 e. The van der Waals surface area contributed by atoms with E-state index in [1.165, 1.54) is 18.4 Å². The highest BCUT2D eigenvalue weighted by molar-refractivity contribution is 5.38. The van der Waals surface area contributed by atoms with E-state index in [0.717, 1.165) is 19.3 Å². The van der Waals surface area contributed by atoms with Crippen LogP contribution in [0.15, 0.2) is 11.1 Å². The van der Waals surface area contributed by atoms with Gasteiger partial charge in [0.1, 0.15) is 0 Å². The molecule has 3 aliphatic carbocycles. The molecular weight excluding hydrogens is 260 g/mol. The molecular formula is C19H32O2. The average Bonchev–Trinajstić information content (AvgIpc) is 2.55. The van der Waals surface area contributed by atoms with Gasteiger partial charge in [0.25, 0.3) is 0 Å². The van der Waals surface area contributed by atoms with E-state index in [0.29, 0.717) is 5.41 Å². The van der Waals surface area contributed by atoms with Crippen molar-refractivity contribution >= 4 is 0 Å². The van der Waals surface area contributed by atoms with Crippen molar-refractivity contribution in [3.63, 3.8) is 0 Å². The molecule has 3 aliphatic rings. The second-order valence-electron chi connectivity index (χ2n) is 10.0. The van der Waals surface area contributed by atoms with Crippen LogP contribution in [0.5, 0.6) is 0 Å². The van der Waals surface area contributed by atoms with Gasteiger partial charge in [-0.05, 0) is 48.3 Å². The Morgan fingerprint density at radius 2 is 1.62 bits per heavy atom. The maximum Gasteiger partial charge on any atom is 0.0525 e. The zero-order chi connectivity index (χ0) is 15.7. The SMILES string of the molecule is CC1(C)C[C@@]2(C)CC3=C([C@H](CO)C(C)(C)C3)[C@](CO)(C1)C2. The third-order valence-corrected chi connectivity index (χ3v) is 6.53. The number of aliphatic hydroxyl groups is 2. The Morgan fingerprint density at radius 3 is 2.19 bits per heavy atom. The molecule has 0 saturated heterocycles. The van der Waals surface area contributed by atoms with Gasteiger partial charge in [0, 0.05) is 11.3 Å². The Balaban J connectivity index is 2.13. The van der Waals surface area contributed by atoms with Crippen LogP contribution in [0.4, 0.5) is 0 Å². The molecule has 2 heteroatoms. The number of allylic oxidation sites excluding steroid dienone is 1. The van der Waals surface area contributed by atoms with Crippen molar-refractivity contribution in [1.82, 2.24) is 0 Å². The van der Waals surface area contributed by atoms with Gasteiger partial charge >= 0.3 is 0 Å². The second-order valence-corrected chi connectivity index (χ2v) is 10.0. The molecule has 3 atom stereocenters. The van der Waals surface area contributed by atoms with E-state index in [4.69, 9.17) is 0 Å². The molecule has 0 unspecified atom stereocenters. The molecule has 0 aromatic carbocycles. The predicted octanol–water partition coefficient (Wildman–Crippen LogP) is 3.92. The van der Waals surface area contributed by atoms with Crippen LogP contribution in [-0.2, 0) is 0 Å². The topological polar surface area (TPSA) is 40.5 Å². The summed E-state index contributed by atoms with van der Waals surface area (Å²) in [6.45, 7) is 12.2. The highest BCUT2D eigenvalue weighted by atomic mass is 16.3. The molecule has 0 aromatic rings. The first-order chi connectivity index (χ1) is 9.56. The Labute approximate surface area is 129 Å². The summed E-state index contributed by atoms with van der Waals surface area (Å²) < 4.78 is 0. The third-order valence-electron chi connectivity index (χ3n) is 6.53. The number of hydrogen-bond donors (Lipinski definition) is 2. The van der Waals surface area contributed by atoms with Gasteiger partial charge in [-0.25, -0.2) is 0 Å². The first-order valence-corrected chi connectivity index (χ1v) is 8.51. The molecule has 2 bridgehead atoms. The van der Waals surface area contributed by atoms with Crippen molar-refractivity contribution in [3.05, 3.63) is 11.1 Å². The summed E-state index contributed by atoms with van der Waals surface area (Å²) in [5, 5.41) is 20.4. The summed E-state index contributed by atoms with van der Waals surface area (Å²) in [6.07, 6.45) is 5.70. The number of fused-ring (bicyclic) bond motifs is 3. The van der Waals surface area contributed by atoms with E-state index in [-0.39, 0.29) is 35.4 Å². The molecule has 0 amide bonds. The van der Waals surface area contributed by atoms with Gasteiger partial charge in [-0.1, -0.05) is 45.8 Å². The minimum atomic E-state index is -0.0781. The molecule has 1 fully saturated rings. The minimum absolute atomic E-state index is 0.0781. The Kier molecular flexibility index (Phi) is 3.22. The molecule has 0 radical (unpaired) electrons.